The Kier molecular flexibility index (Phi) is 2.84. The van der Waals surface area contributed by atoms with E-state index in [0.717, 1.165) is 15.9 Å². The SMILES string of the molecule is Clc1cc(C2CC2)nc(-c2ccc(Br)cn2)n1. The van der Waals surface area contributed by atoms with Gasteiger partial charge in [0.15, 0.2) is 5.82 Å². The van der Waals surface area contributed by atoms with Crippen LogP contribution in [0.15, 0.2) is 28.9 Å². The summed E-state index contributed by atoms with van der Waals surface area (Å²) in [6.45, 7) is 0. The van der Waals surface area contributed by atoms with E-state index in [9.17, 15) is 0 Å². The molecule has 17 heavy (non-hydrogen) atoms. The summed E-state index contributed by atoms with van der Waals surface area (Å²) < 4.78 is 0.936. The smallest absolute Gasteiger partial charge is 0.179 e. The molecule has 86 valence electrons. The first-order chi connectivity index (χ1) is 8.22. The normalized spacial score (nSPS) is 14.9. The maximum Gasteiger partial charge on any atom is 0.179 e. The van der Waals surface area contributed by atoms with Crippen LogP contribution >= 0.6 is 27.5 Å². The van der Waals surface area contributed by atoms with Crippen LogP contribution in [0, 0.1) is 0 Å². The molecule has 0 atom stereocenters. The molecule has 0 bridgehead atoms. The van der Waals surface area contributed by atoms with E-state index in [-0.39, 0.29) is 0 Å². The maximum atomic E-state index is 6.01. The summed E-state index contributed by atoms with van der Waals surface area (Å²) in [5.41, 5.74) is 1.78. The van der Waals surface area contributed by atoms with E-state index in [2.05, 4.69) is 30.9 Å². The molecular weight excluding hydrogens is 302 g/mol. The summed E-state index contributed by atoms with van der Waals surface area (Å²) in [5.74, 6) is 1.16. The molecule has 3 rings (SSSR count). The first kappa shape index (κ1) is 11.1. The number of halogens is 2. The fourth-order valence-electron chi connectivity index (χ4n) is 1.65. The van der Waals surface area contributed by atoms with Crippen molar-refractivity contribution in [1.29, 1.82) is 0 Å². The van der Waals surface area contributed by atoms with E-state index in [1.807, 2.05) is 18.2 Å². The molecule has 0 amide bonds. The van der Waals surface area contributed by atoms with Gasteiger partial charge in [0.1, 0.15) is 10.8 Å². The Bertz CT molecular complexity index is 552. The van der Waals surface area contributed by atoms with E-state index < -0.39 is 0 Å². The standard InChI is InChI=1S/C12H9BrClN3/c13-8-3-4-9(15-6-8)12-16-10(7-1-2-7)5-11(14)17-12/h3-7H,1-2H2. The molecule has 0 saturated heterocycles. The Morgan fingerprint density at radius 3 is 2.71 bits per heavy atom. The lowest BCUT2D eigenvalue weighted by Gasteiger charge is -2.03. The molecule has 1 saturated carbocycles. The second kappa shape index (κ2) is 4.35. The van der Waals surface area contributed by atoms with Gasteiger partial charge in [-0.05, 0) is 47.0 Å². The van der Waals surface area contributed by atoms with E-state index in [1.54, 1.807) is 6.20 Å². The van der Waals surface area contributed by atoms with Crippen molar-refractivity contribution in [3.63, 3.8) is 0 Å². The van der Waals surface area contributed by atoms with Crippen molar-refractivity contribution in [3.8, 4) is 11.5 Å². The molecule has 1 aliphatic carbocycles. The molecule has 2 aromatic rings. The molecular formula is C12H9BrClN3. The summed E-state index contributed by atoms with van der Waals surface area (Å²) in [4.78, 5) is 13.0. The Balaban J connectivity index is 2.04. The average Bonchev–Trinajstić information content (AvgIpc) is 3.13. The Morgan fingerprint density at radius 1 is 1.24 bits per heavy atom. The number of nitrogens with zero attached hydrogens (tertiary/aromatic N) is 3. The van der Waals surface area contributed by atoms with E-state index >= 15 is 0 Å². The van der Waals surface area contributed by atoms with Crippen molar-refractivity contribution in [3.05, 3.63) is 39.7 Å². The highest BCUT2D eigenvalue weighted by Gasteiger charge is 2.26. The van der Waals surface area contributed by atoms with Gasteiger partial charge in [-0.3, -0.25) is 4.98 Å². The van der Waals surface area contributed by atoms with Gasteiger partial charge in [0.05, 0.1) is 0 Å². The van der Waals surface area contributed by atoms with Crippen molar-refractivity contribution in [2.45, 2.75) is 18.8 Å². The largest absolute Gasteiger partial charge is 0.252 e. The number of pyridine rings is 1. The van der Waals surface area contributed by atoms with Crippen LogP contribution in [0.25, 0.3) is 11.5 Å². The molecule has 0 radical (unpaired) electrons. The molecule has 1 fully saturated rings. The lowest BCUT2D eigenvalue weighted by Crippen LogP contribution is -1.96. The number of hydrogen-bond donors (Lipinski definition) is 0. The predicted molar refractivity (Wildman–Crippen MR) is 69.9 cm³/mol. The predicted octanol–water partition coefficient (Wildman–Crippen LogP) is 3.83. The van der Waals surface area contributed by atoms with Gasteiger partial charge < -0.3 is 0 Å². The molecule has 1 aliphatic rings. The van der Waals surface area contributed by atoms with Crippen molar-refractivity contribution in [1.82, 2.24) is 15.0 Å². The zero-order valence-electron chi connectivity index (χ0n) is 8.90. The first-order valence-electron chi connectivity index (χ1n) is 5.39. The molecule has 2 aromatic heterocycles. The van der Waals surface area contributed by atoms with Gasteiger partial charge in [-0.1, -0.05) is 11.6 Å². The van der Waals surface area contributed by atoms with E-state index in [1.165, 1.54) is 12.8 Å². The third kappa shape index (κ3) is 2.48. The number of hydrogen-bond acceptors (Lipinski definition) is 3. The molecule has 0 unspecified atom stereocenters. The van der Waals surface area contributed by atoms with Crippen LogP contribution in [-0.2, 0) is 0 Å². The lowest BCUT2D eigenvalue weighted by molar-refractivity contribution is 0.987. The zero-order valence-corrected chi connectivity index (χ0v) is 11.2. The highest BCUT2D eigenvalue weighted by Crippen LogP contribution is 2.39. The quantitative estimate of drug-likeness (QED) is 0.791. The Hall–Kier alpha value is -1.00. The third-order valence-electron chi connectivity index (χ3n) is 2.67. The van der Waals surface area contributed by atoms with Gasteiger partial charge in [-0.2, -0.15) is 0 Å². The van der Waals surface area contributed by atoms with E-state index in [0.29, 0.717) is 16.9 Å². The van der Waals surface area contributed by atoms with Crippen molar-refractivity contribution in [2.24, 2.45) is 0 Å². The van der Waals surface area contributed by atoms with Gasteiger partial charge in [0.25, 0.3) is 0 Å². The molecule has 0 aromatic carbocycles. The van der Waals surface area contributed by atoms with Crippen molar-refractivity contribution < 1.29 is 0 Å². The van der Waals surface area contributed by atoms with Crippen molar-refractivity contribution in [2.75, 3.05) is 0 Å². The minimum absolute atomic E-state index is 0.488. The van der Waals surface area contributed by atoms with Crippen LogP contribution < -0.4 is 0 Å². The molecule has 5 heteroatoms. The van der Waals surface area contributed by atoms with Gasteiger partial charge in [0.2, 0.25) is 0 Å². The van der Waals surface area contributed by atoms with Crippen molar-refractivity contribution >= 4 is 27.5 Å². The van der Waals surface area contributed by atoms with Gasteiger partial charge >= 0.3 is 0 Å². The summed E-state index contributed by atoms with van der Waals surface area (Å²) in [6, 6.07) is 5.65. The molecule has 2 heterocycles. The van der Waals surface area contributed by atoms with Crippen LogP contribution in [0.5, 0.6) is 0 Å². The highest BCUT2D eigenvalue weighted by molar-refractivity contribution is 9.10. The van der Waals surface area contributed by atoms with Crippen LogP contribution in [0.2, 0.25) is 5.15 Å². The average molecular weight is 311 g/mol. The van der Waals surface area contributed by atoms with Gasteiger partial charge in [-0.25, -0.2) is 9.97 Å². The number of rotatable bonds is 2. The molecule has 0 spiro atoms. The van der Waals surface area contributed by atoms with Crippen LogP contribution in [0.1, 0.15) is 24.5 Å². The van der Waals surface area contributed by atoms with E-state index in [4.69, 9.17) is 11.6 Å². The van der Waals surface area contributed by atoms with Crippen LogP contribution in [-0.4, -0.2) is 15.0 Å². The van der Waals surface area contributed by atoms with Gasteiger partial charge in [0, 0.05) is 22.3 Å². The third-order valence-corrected chi connectivity index (χ3v) is 3.33. The molecule has 3 nitrogen and oxygen atoms in total. The monoisotopic (exact) mass is 309 g/mol. The van der Waals surface area contributed by atoms with Gasteiger partial charge in [-0.15, -0.1) is 0 Å². The fraction of sp³-hybridized carbons (Fsp3) is 0.250. The number of aromatic nitrogens is 3. The minimum atomic E-state index is 0.488. The minimum Gasteiger partial charge on any atom is -0.252 e. The highest BCUT2D eigenvalue weighted by atomic mass is 79.9. The van der Waals surface area contributed by atoms with Crippen LogP contribution in [0.3, 0.4) is 0 Å². The summed E-state index contributed by atoms with van der Waals surface area (Å²) >= 11 is 9.37. The van der Waals surface area contributed by atoms with Crippen LogP contribution in [0.4, 0.5) is 0 Å². The topological polar surface area (TPSA) is 38.7 Å². The Labute approximate surface area is 112 Å². The molecule has 0 N–H and O–H groups in total. The molecule has 0 aliphatic heterocycles. The summed E-state index contributed by atoms with van der Waals surface area (Å²) in [5, 5.41) is 0.488. The first-order valence-corrected chi connectivity index (χ1v) is 6.56. The fourth-order valence-corrected chi connectivity index (χ4v) is 2.07. The zero-order chi connectivity index (χ0) is 11.8. The second-order valence-corrected chi connectivity index (χ2v) is 5.38. The Morgan fingerprint density at radius 2 is 2.06 bits per heavy atom. The second-order valence-electron chi connectivity index (χ2n) is 4.08. The maximum absolute atomic E-state index is 6.01. The summed E-state index contributed by atoms with van der Waals surface area (Å²) in [6.07, 6.45) is 4.12. The lowest BCUT2D eigenvalue weighted by atomic mass is 10.2. The summed E-state index contributed by atoms with van der Waals surface area (Å²) in [7, 11) is 0.